The minimum Gasteiger partial charge on any atom is -0.494 e. The molecule has 0 atom stereocenters. The lowest BCUT2D eigenvalue weighted by atomic mass is 10.1. The third-order valence-electron chi connectivity index (χ3n) is 1.75. The summed E-state index contributed by atoms with van der Waals surface area (Å²) in [6.07, 6.45) is 2.33. The normalized spacial score (nSPS) is 8.86. The number of ether oxygens (including phenoxy) is 1. The Labute approximate surface area is 88.1 Å². The van der Waals surface area contributed by atoms with Crippen LogP contribution in [0.5, 0.6) is 5.75 Å². The van der Waals surface area contributed by atoms with Crippen molar-refractivity contribution in [3.05, 3.63) is 29.8 Å². The number of hydrogen-bond donors (Lipinski definition) is 0. The molecule has 0 bridgehead atoms. The summed E-state index contributed by atoms with van der Waals surface area (Å²) < 4.78 is 5.39. The lowest BCUT2D eigenvalue weighted by Crippen LogP contribution is -1.92. The monoisotopic (exact) mass is 194 g/mol. The van der Waals surface area contributed by atoms with Crippen LogP contribution in [0.3, 0.4) is 0 Å². The smallest absolute Gasteiger partial charge is 0.119 e. The van der Waals surface area contributed by atoms with Gasteiger partial charge in [0.2, 0.25) is 0 Å². The Hall–Kier alpha value is -0.980. The van der Waals surface area contributed by atoms with E-state index in [0.29, 0.717) is 0 Å². The lowest BCUT2D eigenvalue weighted by Gasteiger charge is -2.04. The zero-order valence-corrected chi connectivity index (χ0v) is 9.84. The van der Waals surface area contributed by atoms with E-state index in [1.165, 1.54) is 12.0 Å². The van der Waals surface area contributed by atoms with Gasteiger partial charge in [0.1, 0.15) is 5.75 Å². The first-order chi connectivity index (χ1) is 6.86. The molecule has 0 fully saturated rings. The van der Waals surface area contributed by atoms with Crippen LogP contribution in [0.1, 0.15) is 39.7 Å². The Bertz CT molecular complexity index is 209. The Morgan fingerprint density at radius 3 is 2.43 bits per heavy atom. The minimum atomic E-state index is 0.746. The van der Waals surface area contributed by atoms with Gasteiger partial charge in [-0.3, -0.25) is 0 Å². The summed E-state index contributed by atoms with van der Waals surface area (Å²) in [5.74, 6) is 0.989. The highest BCUT2D eigenvalue weighted by Crippen LogP contribution is 2.14. The van der Waals surface area contributed by atoms with Crippen LogP contribution in [0, 0.1) is 0 Å². The van der Waals surface area contributed by atoms with Gasteiger partial charge in [0, 0.05) is 0 Å². The van der Waals surface area contributed by atoms with Crippen LogP contribution in [0.25, 0.3) is 0 Å². The van der Waals surface area contributed by atoms with Gasteiger partial charge in [0.05, 0.1) is 6.61 Å². The third kappa shape index (κ3) is 4.90. The predicted octanol–water partition coefficient (Wildman–Crippen LogP) is 4.06. The van der Waals surface area contributed by atoms with Gasteiger partial charge in [0.15, 0.2) is 0 Å². The molecule has 0 saturated carbocycles. The molecule has 1 nitrogen and oxygen atoms in total. The number of aryl methyl sites for hydroxylation is 1. The van der Waals surface area contributed by atoms with Crippen molar-refractivity contribution in [1.82, 2.24) is 0 Å². The maximum Gasteiger partial charge on any atom is 0.119 e. The van der Waals surface area contributed by atoms with Crippen LogP contribution in [0.4, 0.5) is 0 Å². The second-order valence-corrected chi connectivity index (χ2v) is 2.83. The van der Waals surface area contributed by atoms with Gasteiger partial charge in [0.25, 0.3) is 0 Å². The SMILES string of the molecule is CC.CCCc1cccc(OCC)c1. The van der Waals surface area contributed by atoms with E-state index in [1.807, 2.05) is 26.8 Å². The van der Waals surface area contributed by atoms with Crippen molar-refractivity contribution in [3.8, 4) is 5.75 Å². The number of rotatable bonds is 4. The fourth-order valence-electron chi connectivity index (χ4n) is 1.25. The Kier molecular flexibility index (Phi) is 8.01. The molecule has 0 unspecified atom stereocenters. The second-order valence-electron chi connectivity index (χ2n) is 2.83. The molecule has 0 heterocycles. The molecule has 0 aromatic heterocycles. The quantitative estimate of drug-likeness (QED) is 0.702. The summed E-state index contributed by atoms with van der Waals surface area (Å²) in [6, 6.07) is 8.32. The van der Waals surface area contributed by atoms with Gasteiger partial charge < -0.3 is 4.74 Å². The molecule has 0 spiro atoms. The summed E-state index contributed by atoms with van der Waals surface area (Å²) in [4.78, 5) is 0. The first-order valence-electron chi connectivity index (χ1n) is 5.58. The molecule has 0 radical (unpaired) electrons. The highest BCUT2D eigenvalue weighted by atomic mass is 16.5. The standard InChI is InChI=1S/C11H16O.C2H6/c1-3-6-10-7-5-8-11(9-10)12-4-2;1-2/h5,7-9H,3-4,6H2,1-2H3;1-2H3. The largest absolute Gasteiger partial charge is 0.494 e. The van der Waals surface area contributed by atoms with E-state index in [-0.39, 0.29) is 0 Å². The molecule has 14 heavy (non-hydrogen) atoms. The molecule has 0 aliphatic carbocycles. The van der Waals surface area contributed by atoms with Crippen molar-refractivity contribution in [2.45, 2.75) is 40.5 Å². The zero-order chi connectivity index (χ0) is 10.8. The molecule has 0 amide bonds. The van der Waals surface area contributed by atoms with E-state index in [1.54, 1.807) is 0 Å². The molecule has 1 heteroatoms. The van der Waals surface area contributed by atoms with E-state index in [0.717, 1.165) is 18.8 Å². The van der Waals surface area contributed by atoms with Gasteiger partial charge in [-0.1, -0.05) is 39.3 Å². The van der Waals surface area contributed by atoms with Crippen molar-refractivity contribution in [2.75, 3.05) is 6.61 Å². The molecule has 0 N–H and O–H groups in total. The summed E-state index contributed by atoms with van der Waals surface area (Å²) in [5, 5.41) is 0. The highest BCUT2D eigenvalue weighted by Gasteiger charge is 1.94. The summed E-state index contributed by atoms with van der Waals surface area (Å²) in [6.45, 7) is 8.94. The van der Waals surface area contributed by atoms with Crippen molar-refractivity contribution >= 4 is 0 Å². The molecule has 0 saturated heterocycles. The van der Waals surface area contributed by atoms with Crippen molar-refractivity contribution in [2.24, 2.45) is 0 Å². The molecule has 0 aliphatic rings. The molecule has 1 rings (SSSR count). The molecule has 80 valence electrons. The van der Waals surface area contributed by atoms with Crippen LogP contribution in [0.15, 0.2) is 24.3 Å². The molecule has 1 aromatic carbocycles. The van der Waals surface area contributed by atoms with Crippen LogP contribution in [-0.4, -0.2) is 6.61 Å². The Morgan fingerprint density at radius 1 is 1.14 bits per heavy atom. The summed E-state index contributed by atoms with van der Waals surface area (Å²) in [5.41, 5.74) is 1.36. The van der Waals surface area contributed by atoms with Crippen molar-refractivity contribution < 1.29 is 4.74 Å². The fourth-order valence-corrected chi connectivity index (χ4v) is 1.25. The maximum atomic E-state index is 5.39. The van der Waals surface area contributed by atoms with Gasteiger partial charge in [-0.15, -0.1) is 0 Å². The maximum absolute atomic E-state index is 5.39. The predicted molar refractivity (Wildman–Crippen MR) is 63.0 cm³/mol. The van der Waals surface area contributed by atoms with E-state index in [4.69, 9.17) is 4.74 Å². The van der Waals surface area contributed by atoms with Crippen LogP contribution in [-0.2, 0) is 6.42 Å². The highest BCUT2D eigenvalue weighted by molar-refractivity contribution is 5.28. The van der Waals surface area contributed by atoms with Gasteiger partial charge in [-0.2, -0.15) is 0 Å². The topological polar surface area (TPSA) is 9.23 Å². The Morgan fingerprint density at radius 2 is 1.86 bits per heavy atom. The van der Waals surface area contributed by atoms with Gasteiger partial charge in [-0.25, -0.2) is 0 Å². The summed E-state index contributed by atoms with van der Waals surface area (Å²) >= 11 is 0. The van der Waals surface area contributed by atoms with Crippen LogP contribution < -0.4 is 4.74 Å². The van der Waals surface area contributed by atoms with E-state index in [2.05, 4.69) is 25.1 Å². The van der Waals surface area contributed by atoms with Crippen LogP contribution >= 0.6 is 0 Å². The zero-order valence-electron chi connectivity index (χ0n) is 9.84. The first kappa shape index (κ1) is 13.0. The first-order valence-corrected chi connectivity index (χ1v) is 5.58. The van der Waals surface area contributed by atoms with Crippen molar-refractivity contribution in [1.29, 1.82) is 0 Å². The molecular weight excluding hydrogens is 172 g/mol. The van der Waals surface area contributed by atoms with E-state index >= 15 is 0 Å². The van der Waals surface area contributed by atoms with E-state index in [9.17, 15) is 0 Å². The number of benzene rings is 1. The van der Waals surface area contributed by atoms with Crippen LogP contribution in [0.2, 0.25) is 0 Å². The minimum absolute atomic E-state index is 0.746. The number of hydrogen-bond acceptors (Lipinski definition) is 1. The second kappa shape index (κ2) is 8.61. The summed E-state index contributed by atoms with van der Waals surface area (Å²) in [7, 11) is 0. The van der Waals surface area contributed by atoms with Gasteiger partial charge in [-0.05, 0) is 31.0 Å². The molecule has 1 aromatic rings. The van der Waals surface area contributed by atoms with Gasteiger partial charge >= 0.3 is 0 Å². The fraction of sp³-hybridized carbons (Fsp3) is 0.538. The molecular formula is C13H22O. The third-order valence-corrected chi connectivity index (χ3v) is 1.75. The molecule has 0 aliphatic heterocycles. The van der Waals surface area contributed by atoms with E-state index < -0.39 is 0 Å². The Balaban J connectivity index is 0.000000791. The average molecular weight is 194 g/mol. The average Bonchev–Trinajstić information content (AvgIpc) is 2.22. The van der Waals surface area contributed by atoms with Crippen molar-refractivity contribution in [3.63, 3.8) is 0 Å². The lowest BCUT2D eigenvalue weighted by molar-refractivity contribution is 0.340.